The molecule has 0 aliphatic carbocycles. The highest BCUT2D eigenvalue weighted by atomic mass is 19.4. The van der Waals surface area contributed by atoms with Crippen molar-refractivity contribution in [3.8, 4) is 11.5 Å². The molecule has 1 saturated heterocycles. The van der Waals surface area contributed by atoms with E-state index in [-0.39, 0.29) is 35.8 Å². The zero-order valence-electron chi connectivity index (χ0n) is 17.9. The minimum Gasteiger partial charge on any atom is -0.418 e. The Kier molecular flexibility index (Phi) is 5.62. The Morgan fingerprint density at radius 1 is 1.17 bits per heavy atom. The lowest BCUT2D eigenvalue weighted by Crippen LogP contribution is -2.25. The largest absolute Gasteiger partial charge is 0.523 e. The lowest BCUT2D eigenvalue weighted by atomic mass is 10.0. The maximum Gasteiger partial charge on any atom is 0.523 e. The molecule has 5 rings (SSSR count). The van der Waals surface area contributed by atoms with Crippen molar-refractivity contribution in [2.75, 3.05) is 11.4 Å². The van der Waals surface area contributed by atoms with E-state index < -0.39 is 42.7 Å². The van der Waals surface area contributed by atoms with Crippen molar-refractivity contribution in [3.63, 3.8) is 0 Å². The van der Waals surface area contributed by atoms with Crippen LogP contribution >= 0.6 is 0 Å². The van der Waals surface area contributed by atoms with E-state index >= 15 is 0 Å². The fraction of sp³-hybridized carbons (Fsp3) is 0.333. The van der Waals surface area contributed by atoms with Crippen LogP contribution in [0.1, 0.15) is 23.9 Å². The molecule has 0 unspecified atom stereocenters. The average molecular weight is 498 g/mol. The summed E-state index contributed by atoms with van der Waals surface area (Å²) in [4.78, 5) is 5.83. The van der Waals surface area contributed by atoms with E-state index in [4.69, 9.17) is 4.42 Å². The van der Waals surface area contributed by atoms with Crippen LogP contribution in [-0.2, 0) is 18.4 Å². The fourth-order valence-electron chi connectivity index (χ4n) is 4.11. The Morgan fingerprint density at radius 2 is 1.97 bits per heavy atom. The van der Waals surface area contributed by atoms with Crippen LogP contribution in [0.5, 0.6) is 0 Å². The molecule has 1 aliphatic rings. The van der Waals surface area contributed by atoms with Gasteiger partial charge in [-0.05, 0) is 24.3 Å². The Balaban J connectivity index is 1.52. The number of nitrogens with zero attached hydrogens (tertiary/aromatic N) is 6. The van der Waals surface area contributed by atoms with Gasteiger partial charge in [0.2, 0.25) is 11.8 Å². The van der Waals surface area contributed by atoms with Gasteiger partial charge in [0.05, 0.1) is 23.5 Å². The smallest absolute Gasteiger partial charge is 0.418 e. The number of benzene rings is 1. The summed E-state index contributed by atoms with van der Waals surface area (Å²) in [6.45, 7) is -1.08. The van der Waals surface area contributed by atoms with E-state index in [1.165, 1.54) is 15.8 Å². The van der Waals surface area contributed by atoms with E-state index in [1.807, 2.05) is 0 Å². The number of rotatable bonds is 5. The molecular formula is C21H16F6N6O2. The summed E-state index contributed by atoms with van der Waals surface area (Å²) in [6.07, 6.45) is -4.89. The first-order chi connectivity index (χ1) is 16.6. The van der Waals surface area contributed by atoms with Crippen LogP contribution < -0.4 is 4.90 Å². The number of hydrogen-bond acceptors (Lipinski definition) is 7. The van der Waals surface area contributed by atoms with Crippen molar-refractivity contribution >= 4 is 16.9 Å². The van der Waals surface area contributed by atoms with Gasteiger partial charge >= 0.3 is 6.36 Å². The Hall–Kier alpha value is -3.68. The number of pyridine rings is 1. The first-order valence-corrected chi connectivity index (χ1v) is 10.3. The van der Waals surface area contributed by atoms with Crippen LogP contribution in [0.2, 0.25) is 0 Å². The second kappa shape index (κ2) is 8.52. The topological polar surface area (TPSA) is 82.1 Å². The molecule has 4 aromatic rings. The summed E-state index contributed by atoms with van der Waals surface area (Å²) in [6, 6.07) is 3.73. The maximum atomic E-state index is 14.5. The van der Waals surface area contributed by atoms with Crippen LogP contribution in [0.15, 0.2) is 34.9 Å². The van der Waals surface area contributed by atoms with Crippen LogP contribution in [0.25, 0.3) is 22.5 Å². The summed E-state index contributed by atoms with van der Waals surface area (Å²) < 4.78 is 90.0. The van der Waals surface area contributed by atoms with Gasteiger partial charge in [0.1, 0.15) is 24.4 Å². The van der Waals surface area contributed by atoms with E-state index in [9.17, 15) is 26.3 Å². The number of alkyl halides is 4. The van der Waals surface area contributed by atoms with Gasteiger partial charge in [-0.15, -0.1) is 23.4 Å². The van der Waals surface area contributed by atoms with Gasteiger partial charge in [-0.25, -0.2) is 22.8 Å². The maximum absolute atomic E-state index is 14.5. The zero-order valence-corrected chi connectivity index (χ0v) is 17.9. The predicted molar refractivity (Wildman–Crippen MR) is 109 cm³/mol. The van der Waals surface area contributed by atoms with Gasteiger partial charge < -0.3 is 9.32 Å². The molecule has 0 bridgehead atoms. The summed E-state index contributed by atoms with van der Waals surface area (Å²) in [5, 5.41) is 12.1. The Morgan fingerprint density at radius 3 is 2.74 bits per heavy atom. The second-order valence-corrected chi connectivity index (χ2v) is 7.94. The number of aryl methyl sites for hydroxylation is 1. The molecule has 1 fully saturated rings. The normalized spacial score (nSPS) is 18.7. The number of halogens is 6. The third-order valence-corrected chi connectivity index (χ3v) is 5.57. The fourth-order valence-corrected chi connectivity index (χ4v) is 4.11. The van der Waals surface area contributed by atoms with Crippen LogP contribution in [0, 0.1) is 11.6 Å². The highest BCUT2D eigenvalue weighted by molar-refractivity contribution is 5.91. The van der Waals surface area contributed by atoms with Gasteiger partial charge in [0.15, 0.2) is 11.5 Å². The highest BCUT2D eigenvalue weighted by Gasteiger charge is 2.37. The third kappa shape index (κ3) is 4.52. The van der Waals surface area contributed by atoms with Crippen LogP contribution in [-0.4, -0.2) is 44.0 Å². The monoisotopic (exact) mass is 498 g/mol. The molecule has 184 valence electrons. The molecule has 0 spiro atoms. The van der Waals surface area contributed by atoms with Crippen LogP contribution in [0.4, 0.5) is 32.2 Å². The lowest BCUT2D eigenvalue weighted by Gasteiger charge is -2.25. The number of hydrogen-bond donors (Lipinski definition) is 0. The molecule has 4 heterocycles. The van der Waals surface area contributed by atoms with E-state index in [1.54, 1.807) is 13.1 Å². The van der Waals surface area contributed by atoms with Gasteiger partial charge in [0, 0.05) is 25.2 Å². The van der Waals surface area contributed by atoms with Gasteiger partial charge in [0.25, 0.3) is 0 Å². The number of aromatic nitrogens is 5. The van der Waals surface area contributed by atoms with E-state index in [0.29, 0.717) is 11.0 Å². The van der Waals surface area contributed by atoms with E-state index in [2.05, 4.69) is 25.0 Å². The summed E-state index contributed by atoms with van der Waals surface area (Å²) in [5.74, 6) is -1.57. The molecule has 1 aliphatic heterocycles. The summed E-state index contributed by atoms with van der Waals surface area (Å²) in [7, 11) is 1.61. The van der Waals surface area contributed by atoms with Crippen molar-refractivity contribution in [1.82, 2.24) is 25.0 Å². The predicted octanol–water partition coefficient (Wildman–Crippen LogP) is 4.62. The second-order valence-electron chi connectivity index (χ2n) is 7.94. The van der Waals surface area contributed by atoms with Crippen molar-refractivity contribution < 1.29 is 35.5 Å². The molecule has 0 N–H and O–H groups in total. The molecule has 8 nitrogen and oxygen atoms in total. The standard InChI is InChI=1S/C21H16F6N6O2/c1-32-18-14(4-10(7-28-18)20-30-29-17(35-20)9-34-21(25,26)27)19(31-32)33-8-12(23)6-16(33)13-5-11(22)2-3-15(13)24/h2-5,7,12,16H,6,8-9H2,1H3/t12-,16+/m0/s1. The zero-order chi connectivity index (χ0) is 24.9. The van der Waals surface area contributed by atoms with Crippen LogP contribution in [0.3, 0.4) is 0 Å². The van der Waals surface area contributed by atoms with Gasteiger partial charge in [-0.3, -0.25) is 4.74 Å². The molecule has 14 heteroatoms. The van der Waals surface area contributed by atoms with Crippen molar-refractivity contribution in [2.45, 2.75) is 31.6 Å². The molecule has 0 radical (unpaired) electrons. The average Bonchev–Trinajstić information content (AvgIpc) is 3.50. The third-order valence-electron chi connectivity index (χ3n) is 5.57. The first kappa shape index (κ1) is 23.1. The Labute approximate surface area is 193 Å². The molecule has 0 amide bonds. The highest BCUT2D eigenvalue weighted by Crippen LogP contribution is 2.41. The quantitative estimate of drug-likeness (QED) is 0.372. The number of fused-ring (bicyclic) bond motifs is 1. The number of anilines is 1. The summed E-state index contributed by atoms with van der Waals surface area (Å²) >= 11 is 0. The summed E-state index contributed by atoms with van der Waals surface area (Å²) in [5.41, 5.74) is 0.658. The van der Waals surface area contributed by atoms with Crippen molar-refractivity contribution in [2.24, 2.45) is 7.05 Å². The van der Waals surface area contributed by atoms with Gasteiger partial charge in [-0.2, -0.15) is 5.10 Å². The molecule has 35 heavy (non-hydrogen) atoms. The number of ether oxygens (including phenoxy) is 1. The molecule has 3 aromatic heterocycles. The van der Waals surface area contributed by atoms with E-state index in [0.717, 1.165) is 18.2 Å². The minimum absolute atomic E-state index is 0.000672. The first-order valence-electron chi connectivity index (χ1n) is 10.3. The van der Waals surface area contributed by atoms with Crippen molar-refractivity contribution in [3.05, 3.63) is 53.6 Å². The molecular weight excluding hydrogens is 482 g/mol. The molecule has 0 saturated carbocycles. The Bertz CT molecular complexity index is 1390. The lowest BCUT2D eigenvalue weighted by molar-refractivity contribution is -0.332. The SMILES string of the molecule is Cn1nc(N2C[C@@H](F)C[C@@H]2c2cc(F)ccc2F)c2cc(-c3nnc(COC(F)(F)F)o3)cnc21. The molecule has 1 aromatic carbocycles. The van der Waals surface area contributed by atoms with Crippen molar-refractivity contribution in [1.29, 1.82) is 0 Å². The molecule has 2 atom stereocenters. The minimum atomic E-state index is -4.86. The van der Waals surface area contributed by atoms with Gasteiger partial charge in [-0.1, -0.05) is 0 Å².